The second-order valence-electron chi connectivity index (χ2n) is 2.76. The maximum atomic E-state index is 13.1. The van der Waals surface area contributed by atoms with Crippen LogP contribution in [0.15, 0.2) is 22.7 Å². The van der Waals surface area contributed by atoms with E-state index in [0.29, 0.717) is 18.5 Å². The summed E-state index contributed by atoms with van der Waals surface area (Å²) >= 11 is 6.73. The Balaban J connectivity index is 0. The first-order chi connectivity index (χ1) is 7.15. The summed E-state index contributed by atoms with van der Waals surface area (Å²) in [5.74, 6) is -0.399. The van der Waals surface area contributed by atoms with Crippen LogP contribution in [-0.2, 0) is 0 Å². The molecule has 1 unspecified atom stereocenters. The van der Waals surface area contributed by atoms with Crippen LogP contribution >= 0.6 is 28.6 Å². The number of hydrogen-bond donors (Lipinski definition) is 3. The molecule has 0 heterocycles. The quantitative estimate of drug-likeness (QED) is 0.592. The van der Waals surface area contributed by atoms with E-state index in [-0.39, 0.29) is 8.41 Å². The Bertz CT molecular complexity index is 304. The van der Waals surface area contributed by atoms with E-state index < -0.39 is 11.9 Å². The fourth-order valence-corrected chi connectivity index (χ4v) is 1.46. The Morgan fingerprint density at radius 1 is 1.50 bits per heavy atom. The average molecular weight is 307 g/mol. The summed E-state index contributed by atoms with van der Waals surface area (Å²) in [7, 11) is 0. The number of nitrogens with two attached hydrogens (primary N) is 1. The molecule has 6 heteroatoms. The topological polar surface area (TPSA) is 46.2 Å². The third-order valence-electron chi connectivity index (χ3n) is 1.76. The van der Waals surface area contributed by atoms with Crippen molar-refractivity contribution in [3.05, 3.63) is 34.1 Å². The Morgan fingerprint density at radius 2 is 2.06 bits per heavy atom. The van der Waals surface area contributed by atoms with Crippen LogP contribution < -0.4 is 5.73 Å². The monoisotopic (exact) mass is 306 g/mol. The van der Waals surface area contributed by atoms with Gasteiger partial charge >= 0.3 is 0 Å². The van der Waals surface area contributed by atoms with Gasteiger partial charge in [0.1, 0.15) is 5.82 Å². The van der Waals surface area contributed by atoms with Gasteiger partial charge in [-0.05, 0) is 37.4 Å². The third kappa shape index (κ3) is 5.89. The van der Waals surface area contributed by atoms with E-state index in [4.69, 9.17) is 5.73 Å². The van der Waals surface area contributed by atoms with Gasteiger partial charge in [0.05, 0.1) is 6.10 Å². The SMILES string of the molecule is CS.NCCC(O)c1cc(Br)ccc1F.[B]. The number of halogens is 2. The van der Waals surface area contributed by atoms with E-state index in [0.717, 1.165) is 4.47 Å². The maximum absolute atomic E-state index is 13.1. The Morgan fingerprint density at radius 3 is 2.56 bits per heavy atom. The summed E-state index contributed by atoms with van der Waals surface area (Å²) in [6.07, 6.45) is 1.25. The van der Waals surface area contributed by atoms with E-state index in [1.807, 2.05) is 0 Å². The Kier molecular flexibility index (Phi) is 11.6. The fourth-order valence-electron chi connectivity index (χ4n) is 1.08. The van der Waals surface area contributed by atoms with E-state index in [1.165, 1.54) is 6.07 Å². The molecule has 3 N–H and O–H groups in total. The van der Waals surface area contributed by atoms with Crippen LogP contribution in [0.2, 0.25) is 0 Å². The summed E-state index contributed by atoms with van der Waals surface area (Å²) in [4.78, 5) is 0. The van der Waals surface area contributed by atoms with Crippen LogP contribution in [0.25, 0.3) is 0 Å². The first kappa shape index (κ1) is 18.3. The van der Waals surface area contributed by atoms with Gasteiger partial charge in [-0.15, -0.1) is 0 Å². The lowest BCUT2D eigenvalue weighted by Gasteiger charge is -2.10. The zero-order valence-electron chi connectivity index (χ0n) is 9.03. The second-order valence-corrected chi connectivity index (χ2v) is 3.67. The molecular weight excluding hydrogens is 292 g/mol. The van der Waals surface area contributed by atoms with Crippen LogP contribution in [0.1, 0.15) is 18.1 Å². The first-order valence-corrected chi connectivity index (χ1v) is 6.11. The van der Waals surface area contributed by atoms with Crippen molar-refractivity contribution in [2.24, 2.45) is 5.73 Å². The van der Waals surface area contributed by atoms with Crippen molar-refractivity contribution in [2.45, 2.75) is 12.5 Å². The minimum Gasteiger partial charge on any atom is -0.388 e. The molecule has 0 aliphatic heterocycles. The summed E-state index contributed by atoms with van der Waals surface area (Å²) < 4.78 is 13.9. The van der Waals surface area contributed by atoms with Crippen molar-refractivity contribution in [1.29, 1.82) is 0 Å². The number of aliphatic hydroxyl groups excluding tert-OH is 1. The second kappa shape index (κ2) is 10.1. The Hall–Kier alpha value is -0.0351. The van der Waals surface area contributed by atoms with Crippen LogP contribution in [0.3, 0.4) is 0 Å². The minimum absolute atomic E-state index is 0. The van der Waals surface area contributed by atoms with Crippen molar-refractivity contribution in [2.75, 3.05) is 12.8 Å². The number of thiol groups is 1. The summed E-state index contributed by atoms with van der Waals surface area (Å²) in [5.41, 5.74) is 5.55. The highest BCUT2D eigenvalue weighted by Gasteiger charge is 2.11. The lowest BCUT2D eigenvalue weighted by atomic mass is 10.1. The largest absolute Gasteiger partial charge is 0.388 e. The van der Waals surface area contributed by atoms with Gasteiger partial charge in [-0.3, -0.25) is 0 Å². The molecule has 0 fully saturated rings. The molecule has 2 nitrogen and oxygen atoms in total. The zero-order valence-corrected chi connectivity index (χ0v) is 11.5. The predicted octanol–water partition coefficient (Wildman–Crippen LogP) is 2.14. The highest BCUT2D eigenvalue weighted by atomic mass is 79.9. The molecule has 3 radical (unpaired) electrons. The molecule has 0 aliphatic rings. The number of benzene rings is 1. The van der Waals surface area contributed by atoms with Gasteiger partial charge in [0.2, 0.25) is 0 Å². The molecule has 1 rings (SSSR count). The number of hydrogen-bond acceptors (Lipinski definition) is 3. The van der Waals surface area contributed by atoms with E-state index >= 15 is 0 Å². The van der Waals surface area contributed by atoms with Gasteiger partial charge < -0.3 is 10.8 Å². The molecule has 1 atom stereocenters. The lowest BCUT2D eigenvalue weighted by molar-refractivity contribution is 0.165. The standard InChI is InChI=1S/C9H11BrFNO.CH4S.B/c10-6-1-2-8(11)7(5-6)9(13)3-4-12;1-2;/h1-2,5,9,13H,3-4,12H2;2H,1H3;. The van der Waals surface area contributed by atoms with Gasteiger partial charge in [0.25, 0.3) is 0 Å². The van der Waals surface area contributed by atoms with Crippen molar-refractivity contribution in [3.8, 4) is 0 Å². The number of aliphatic hydroxyl groups is 1. The van der Waals surface area contributed by atoms with Crippen LogP contribution in [0, 0.1) is 5.82 Å². The third-order valence-corrected chi connectivity index (χ3v) is 2.25. The summed E-state index contributed by atoms with van der Waals surface area (Å²) in [5, 5.41) is 9.48. The van der Waals surface area contributed by atoms with Gasteiger partial charge in [0, 0.05) is 18.4 Å². The molecule has 0 amide bonds. The molecule has 0 saturated carbocycles. The Labute approximate surface area is 112 Å². The molecule has 0 aliphatic carbocycles. The fraction of sp³-hybridized carbons (Fsp3) is 0.400. The molecule has 89 valence electrons. The molecule has 1 aromatic rings. The maximum Gasteiger partial charge on any atom is 0.129 e. The average Bonchev–Trinajstić information content (AvgIpc) is 2.25. The van der Waals surface area contributed by atoms with Gasteiger partial charge in [-0.2, -0.15) is 12.6 Å². The molecule has 16 heavy (non-hydrogen) atoms. The van der Waals surface area contributed by atoms with Crippen LogP contribution in [0.5, 0.6) is 0 Å². The van der Waals surface area contributed by atoms with Crippen LogP contribution in [0.4, 0.5) is 4.39 Å². The molecule has 1 aromatic carbocycles. The van der Waals surface area contributed by atoms with Gasteiger partial charge in [0.15, 0.2) is 0 Å². The normalized spacial score (nSPS) is 10.9. The van der Waals surface area contributed by atoms with Crippen molar-refractivity contribution >= 4 is 37.0 Å². The molecule has 0 bridgehead atoms. The van der Waals surface area contributed by atoms with Gasteiger partial charge in [-0.1, -0.05) is 15.9 Å². The van der Waals surface area contributed by atoms with E-state index in [2.05, 4.69) is 28.6 Å². The highest BCUT2D eigenvalue weighted by molar-refractivity contribution is 9.10. The van der Waals surface area contributed by atoms with Crippen molar-refractivity contribution in [3.63, 3.8) is 0 Å². The summed E-state index contributed by atoms with van der Waals surface area (Å²) in [6, 6.07) is 4.48. The van der Waals surface area contributed by atoms with Crippen molar-refractivity contribution in [1.82, 2.24) is 0 Å². The smallest absolute Gasteiger partial charge is 0.129 e. The lowest BCUT2D eigenvalue weighted by Crippen LogP contribution is -2.08. The minimum atomic E-state index is -0.817. The van der Waals surface area contributed by atoms with Crippen molar-refractivity contribution < 1.29 is 9.50 Å². The molecule has 0 saturated heterocycles. The van der Waals surface area contributed by atoms with Gasteiger partial charge in [-0.25, -0.2) is 4.39 Å². The highest BCUT2D eigenvalue weighted by Crippen LogP contribution is 2.23. The molecule has 0 aromatic heterocycles. The predicted molar refractivity (Wildman–Crippen MR) is 73.4 cm³/mol. The molecular formula is C10H15BBrFNOS. The summed E-state index contributed by atoms with van der Waals surface area (Å²) in [6.45, 7) is 0.340. The molecule has 0 spiro atoms. The van der Waals surface area contributed by atoms with Crippen LogP contribution in [-0.4, -0.2) is 26.3 Å². The van der Waals surface area contributed by atoms with E-state index in [1.54, 1.807) is 18.4 Å². The zero-order chi connectivity index (χ0) is 11.8. The first-order valence-electron chi connectivity index (χ1n) is 4.43. The van der Waals surface area contributed by atoms with E-state index in [9.17, 15) is 9.50 Å². The number of rotatable bonds is 3.